The molecule has 0 spiro atoms. The molecule has 5 nitrogen and oxygen atoms in total. The lowest BCUT2D eigenvalue weighted by molar-refractivity contribution is -0.143. The number of aliphatic carboxylic acids is 1. The van der Waals surface area contributed by atoms with Gasteiger partial charge in [-0.05, 0) is 40.9 Å². The van der Waals surface area contributed by atoms with Crippen molar-refractivity contribution in [1.29, 1.82) is 0 Å². The number of rotatable bonds is 2. The van der Waals surface area contributed by atoms with Crippen molar-refractivity contribution in [2.45, 2.75) is 12.8 Å². The van der Waals surface area contributed by atoms with Gasteiger partial charge in [-0.15, -0.1) is 0 Å². The topological polar surface area (TPSA) is 70.5 Å². The number of aromatic nitrogens is 1. The summed E-state index contributed by atoms with van der Waals surface area (Å²) in [4.78, 5) is 28.7. The first-order valence-corrected chi connectivity index (χ1v) is 6.52. The lowest BCUT2D eigenvalue weighted by Gasteiger charge is -2.29. The number of carboxylic acids is 1. The van der Waals surface area contributed by atoms with Crippen LogP contribution >= 0.6 is 15.9 Å². The zero-order chi connectivity index (χ0) is 13.1. The van der Waals surface area contributed by atoms with E-state index in [-0.39, 0.29) is 11.8 Å². The van der Waals surface area contributed by atoms with Crippen LogP contribution in [0.4, 0.5) is 0 Å². The smallest absolute Gasteiger partial charge is 0.306 e. The Balaban J connectivity index is 2.02. The lowest BCUT2D eigenvalue weighted by Crippen LogP contribution is -2.40. The molecule has 1 aromatic heterocycles. The molecule has 2 rings (SSSR count). The maximum Gasteiger partial charge on any atom is 0.306 e. The number of hydrogen-bond donors (Lipinski definition) is 1. The Morgan fingerprint density at radius 3 is 2.56 bits per heavy atom. The Kier molecular flexibility index (Phi) is 3.96. The molecule has 1 fully saturated rings. The van der Waals surface area contributed by atoms with Gasteiger partial charge in [0.15, 0.2) is 0 Å². The van der Waals surface area contributed by atoms with Gasteiger partial charge in [-0.1, -0.05) is 6.07 Å². The number of piperidine rings is 1. The van der Waals surface area contributed by atoms with Crippen molar-refractivity contribution in [3.63, 3.8) is 0 Å². The van der Waals surface area contributed by atoms with E-state index in [1.807, 2.05) is 0 Å². The van der Waals surface area contributed by atoms with Gasteiger partial charge in [0.2, 0.25) is 0 Å². The van der Waals surface area contributed by atoms with E-state index in [1.165, 1.54) is 0 Å². The molecule has 1 N–H and O–H groups in total. The molecule has 1 amide bonds. The molecule has 0 unspecified atom stereocenters. The van der Waals surface area contributed by atoms with Crippen LogP contribution in [0.3, 0.4) is 0 Å². The molecule has 1 aliphatic rings. The lowest BCUT2D eigenvalue weighted by atomic mass is 9.97. The van der Waals surface area contributed by atoms with Gasteiger partial charge in [0, 0.05) is 13.1 Å². The first-order valence-electron chi connectivity index (χ1n) is 5.72. The third-order valence-corrected chi connectivity index (χ3v) is 3.51. The van der Waals surface area contributed by atoms with Crippen molar-refractivity contribution in [1.82, 2.24) is 9.88 Å². The standard InChI is InChI=1S/C12H13BrN2O3/c13-10-3-1-2-9(14-10)11(16)15-6-4-8(5-7-15)12(17)18/h1-3,8H,4-7H2,(H,17,18). The highest BCUT2D eigenvalue weighted by atomic mass is 79.9. The predicted octanol–water partition coefficient (Wildman–Crippen LogP) is 1.78. The molecule has 0 bridgehead atoms. The summed E-state index contributed by atoms with van der Waals surface area (Å²) in [5.41, 5.74) is 0.387. The molecule has 0 radical (unpaired) electrons. The second-order valence-corrected chi connectivity index (χ2v) is 5.06. The second kappa shape index (κ2) is 5.48. The van der Waals surface area contributed by atoms with E-state index >= 15 is 0 Å². The summed E-state index contributed by atoms with van der Waals surface area (Å²) in [6, 6.07) is 5.18. The summed E-state index contributed by atoms with van der Waals surface area (Å²) in [5.74, 6) is -1.24. The van der Waals surface area contributed by atoms with Gasteiger partial charge in [-0.2, -0.15) is 0 Å². The van der Waals surface area contributed by atoms with Crippen LogP contribution in [0.15, 0.2) is 22.8 Å². The Labute approximate surface area is 113 Å². The van der Waals surface area contributed by atoms with E-state index in [9.17, 15) is 9.59 Å². The van der Waals surface area contributed by atoms with Gasteiger partial charge in [0.25, 0.3) is 5.91 Å². The SMILES string of the molecule is O=C(O)C1CCN(C(=O)c2cccc(Br)n2)CC1. The van der Waals surface area contributed by atoms with E-state index in [0.29, 0.717) is 36.2 Å². The van der Waals surface area contributed by atoms with Gasteiger partial charge in [0.1, 0.15) is 10.3 Å². The summed E-state index contributed by atoms with van der Waals surface area (Å²) in [6.07, 6.45) is 1.02. The van der Waals surface area contributed by atoms with Crippen LogP contribution in [0.2, 0.25) is 0 Å². The van der Waals surface area contributed by atoms with Crippen molar-refractivity contribution in [3.8, 4) is 0 Å². The fraction of sp³-hybridized carbons (Fsp3) is 0.417. The average Bonchev–Trinajstić information content (AvgIpc) is 2.38. The maximum atomic E-state index is 12.1. The summed E-state index contributed by atoms with van der Waals surface area (Å²) in [6.45, 7) is 0.952. The molecule has 1 aromatic rings. The summed E-state index contributed by atoms with van der Waals surface area (Å²) in [5, 5.41) is 8.89. The van der Waals surface area contributed by atoms with Crippen LogP contribution in [0.25, 0.3) is 0 Å². The molecule has 0 aliphatic carbocycles. The monoisotopic (exact) mass is 312 g/mol. The quantitative estimate of drug-likeness (QED) is 0.845. The zero-order valence-electron chi connectivity index (χ0n) is 9.67. The van der Waals surface area contributed by atoms with E-state index in [0.717, 1.165) is 0 Å². The molecule has 2 heterocycles. The minimum atomic E-state index is -0.775. The number of likely N-dealkylation sites (tertiary alicyclic amines) is 1. The number of halogens is 1. The van der Waals surface area contributed by atoms with Gasteiger partial charge in [-0.3, -0.25) is 9.59 Å². The molecule has 0 aromatic carbocycles. The highest BCUT2D eigenvalue weighted by Gasteiger charge is 2.27. The Bertz CT molecular complexity index is 470. The van der Waals surface area contributed by atoms with Crippen molar-refractivity contribution in [2.24, 2.45) is 5.92 Å². The number of carbonyl (C=O) groups excluding carboxylic acids is 1. The van der Waals surface area contributed by atoms with Crippen LogP contribution in [0, 0.1) is 5.92 Å². The van der Waals surface area contributed by atoms with Crippen LogP contribution in [-0.4, -0.2) is 40.0 Å². The number of amides is 1. The first-order chi connectivity index (χ1) is 8.58. The molecule has 1 saturated heterocycles. The van der Waals surface area contributed by atoms with Crippen LogP contribution in [0.5, 0.6) is 0 Å². The average molecular weight is 313 g/mol. The fourth-order valence-electron chi connectivity index (χ4n) is 2.02. The molecule has 96 valence electrons. The van der Waals surface area contributed by atoms with Crippen LogP contribution in [-0.2, 0) is 4.79 Å². The van der Waals surface area contributed by atoms with E-state index in [2.05, 4.69) is 20.9 Å². The highest BCUT2D eigenvalue weighted by Crippen LogP contribution is 2.19. The molecular formula is C12H13BrN2O3. The minimum absolute atomic E-state index is 0.139. The van der Waals surface area contributed by atoms with E-state index in [4.69, 9.17) is 5.11 Å². The van der Waals surface area contributed by atoms with E-state index < -0.39 is 5.97 Å². The zero-order valence-corrected chi connectivity index (χ0v) is 11.3. The van der Waals surface area contributed by atoms with Crippen molar-refractivity contribution in [3.05, 3.63) is 28.5 Å². The Morgan fingerprint density at radius 1 is 1.33 bits per heavy atom. The summed E-state index contributed by atoms with van der Waals surface area (Å²) >= 11 is 3.22. The third kappa shape index (κ3) is 2.87. The number of hydrogen-bond acceptors (Lipinski definition) is 3. The molecule has 6 heteroatoms. The van der Waals surface area contributed by atoms with Gasteiger partial charge in [-0.25, -0.2) is 4.98 Å². The normalized spacial score (nSPS) is 16.6. The minimum Gasteiger partial charge on any atom is -0.481 e. The third-order valence-electron chi connectivity index (χ3n) is 3.07. The number of nitrogens with zero attached hydrogens (tertiary/aromatic N) is 2. The summed E-state index contributed by atoms with van der Waals surface area (Å²) < 4.78 is 0.619. The number of pyridine rings is 1. The number of carbonyl (C=O) groups is 2. The fourth-order valence-corrected chi connectivity index (χ4v) is 2.36. The largest absolute Gasteiger partial charge is 0.481 e. The highest BCUT2D eigenvalue weighted by molar-refractivity contribution is 9.10. The van der Waals surface area contributed by atoms with Gasteiger partial charge < -0.3 is 10.0 Å². The maximum absolute atomic E-state index is 12.1. The Morgan fingerprint density at radius 2 is 2.00 bits per heavy atom. The van der Waals surface area contributed by atoms with Crippen molar-refractivity contribution >= 4 is 27.8 Å². The first kappa shape index (κ1) is 13.0. The number of carboxylic acid groups (broad SMARTS) is 1. The second-order valence-electron chi connectivity index (χ2n) is 4.25. The molecule has 1 aliphatic heterocycles. The van der Waals surface area contributed by atoms with Crippen molar-refractivity contribution in [2.75, 3.05) is 13.1 Å². The van der Waals surface area contributed by atoms with Gasteiger partial charge in [0.05, 0.1) is 5.92 Å². The molecule has 18 heavy (non-hydrogen) atoms. The van der Waals surface area contributed by atoms with Gasteiger partial charge >= 0.3 is 5.97 Å². The van der Waals surface area contributed by atoms with Crippen molar-refractivity contribution < 1.29 is 14.7 Å². The Hall–Kier alpha value is -1.43. The molecule has 0 atom stereocenters. The van der Waals surface area contributed by atoms with Crippen LogP contribution in [0.1, 0.15) is 23.3 Å². The summed E-state index contributed by atoms with van der Waals surface area (Å²) in [7, 11) is 0. The van der Waals surface area contributed by atoms with E-state index in [1.54, 1.807) is 23.1 Å². The molecule has 0 saturated carbocycles. The van der Waals surface area contributed by atoms with Crippen LogP contribution < -0.4 is 0 Å². The molecular weight excluding hydrogens is 300 g/mol. The predicted molar refractivity (Wildman–Crippen MR) is 68.2 cm³/mol.